The topological polar surface area (TPSA) is 146 Å². The number of nitrogens with zero attached hydrogens (tertiary/aromatic N) is 5. The van der Waals surface area contributed by atoms with Gasteiger partial charge < -0.3 is 16.0 Å². The highest BCUT2D eigenvalue weighted by Gasteiger charge is 2.30. The molecule has 2 aromatic heterocycles. The molecule has 0 unspecified atom stereocenters. The number of H-pyrrole nitrogens is 1. The van der Waals surface area contributed by atoms with E-state index in [4.69, 9.17) is 22.6 Å². The van der Waals surface area contributed by atoms with Crippen LogP contribution in [0, 0.1) is 17.1 Å². The number of urea groups is 1. The molecule has 3 heterocycles. The summed E-state index contributed by atoms with van der Waals surface area (Å²) in [5, 5.41) is 24.0. The van der Waals surface area contributed by atoms with Crippen molar-refractivity contribution < 1.29 is 14.0 Å². The lowest BCUT2D eigenvalue weighted by atomic mass is 10.0. The molecule has 0 fully saturated rings. The van der Waals surface area contributed by atoms with Crippen LogP contribution in [0.1, 0.15) is 21.6 Å². The van der Waals surface area contributed by atoms with E-state index in [9.17, 15) is 14.0 Å². The summed E-state index contributed by atoms with van der Waals surface area (Å²) in [7, 11) is 0. The molecule has 0 bridgehead atoms. The number of carbonyl (C=O) groups is 2. The van der Waals surface area contributed by atoms with Gasteiger partial charge in [0.25, 0.3) is 5.91 Å². The SMILES string of the molecule is N#Cc1ccc(NC(=O)N2CCn3nc(-c4cc(Cl)c5[nH]ncc5c4)c(C(N)=O)c3C2)cc1F. The van der Waals surface area contributed by atoms with Gasteiger partial charge in [-0.25, -0.2) is 9.18 Å². The summed E-state index contributed by atoms with van der Waals surface area (Å²) < 4.78 is 15.5. The third-order valence-corrected chi connectivity index (χ3v) is 5.93. The summed E-state index contributed by atoms with van der Waals surface area (Å²) in [5.74, 6) is -1.41. The van der Waals surface area contributed by atoms with Crippen molar-refractivity contribution >= 4 is 40.1 Å². The second-order valence-corrected chi connectivity index (χ2v) is 8.12. The molecule has 12 heteroatoms. The van der Waals surface area contributed by atoms with Crippen LogP contribution in [0.5, 0.6) is 0 Å². The molecule has 5 rings (SSSR count). The molecule has 0 saturated heterocycles. The lowest BCUT2D eigenvalue weighted by Gasteiger charge is -2.28. The standard InChI is InChI=1S/C22H16ClFN8O2/c23-15-6-12(5-13-9-27-29-19(13)15)20-18(21(26)33)17-10-31(3-4-32(17)30-20)22(34)28-14-2-1-11(8-25)16(24)7-14/h1-2,5-7,9H,3-4,10H2,(H2,26,33)(H,27,29)(H,28,34). The fourth-order valence-electron chi connectivity index (χ4n) is 3.99. The number of hydrogen-bond acceptors (Lipinski definition) is 5. The molecule has 0 saturated carbocycles. The largest absolute Gasteiger partial charge is 0.365 e. The van der Waals surface area contributed by atoms with E-state index in [1.165, 1.54) is 17.0 Å². The molecule has 0 aliphatic carbocycles. The molecular formula is C22H16ClFN8O2. The molecule has 34 heavy (non-hydrogen) atoms. The lowest BCUT2D eigenvalue weighted by molar-refractivity contribution is 0.0997. The summed E-state index contributed by atoms with van der Waals surface area (Å²) >= 11 is 6.36. The van der Waals surface area contributed by atoms with Gasteiger partial charge >= 0.3 is 6.03 Å². The Morgan fingerprint density at radius 1 is 1.26 bits per heavy atom. The van der Waals surface area contributed by atoms with E-state index < -0.39 is 17.8 Å². The molecule has 3 amide bonds. The maximum absolute atomic E-state index is 13.9. The molecule has 10 nitrogen and oxygen atoms in total. The number of rotatable bonds is 3. The minimum Gasteiger partial charge on any atom is -0.365 e. The molecule has 1 aliphatic rings. The average Bonchev–Trinajstić information content (AvgIpc) is 3.43. The maximum atomic E-state index is 13.9. The zero-order valence-electron chi connectivity index (χ0n) is 17.5. The number of benzene rings is 2. The van der Waals surface area contributed by atoms with E-state index in [0.717, 1.165) is 11.5 Å². The molecular weight excluding hydrogens is 463 g/mol. The van der Waals surface area contributed by atoms with Crippen molar-refractivity contribution in [3.8, 4) is 17.3 Å². The van der Waals surface area contributed by atoms with E-state index in [2.05, 4.69) is 20.6 Å². The molecule has 0 spiro atoms. The molecule has 0 radical (unpaired) electrons. The number of nitriles is 1. The van der Waals surface area contributed by atoms with Gasteiger partial charge in [0.05, 0.1) is 46.6 Å². The number of carbonyl (C=O) groups excluding carboxylic acids is 2. The van der Waals surface area contributed by atoms with E-state index >= 15 is 0 Å². The van der Waals surface area contributed by atoms with Crippen molar-refractivity contribution in [3.05, 3.63) is 64.2 Å². The predicted molar refractivity (Wildman–Crippen MR) is 121 cm³/mol. The summed E-state index contributed by atoms with van der Waals surface area (Å²) in [4.78, 5) is 26.7. The van der Waals surface area contributed by atoms with Gasteiger partial charge in [-0.3, -0.25) is 14.6 Å². The van der Waals surface area contributed by atoms with Crippen LogP contribution in [0.4, 0.5) is 14.9 Å². The monoisotopic (exact) mass is 478 g/mol. The number of nitrogens with one attached hydrogen (secondary N) is 2. The highest BCUT2D eigenvalue weighted by Crippen LogP contribution is 2.33. The normalized spacial score (nSPS) is 12.9. The van der Waals surface area contributed by atoms with Crippen LogP contribution in [0.25, 0.3) is 22.2 Å². The Balaban J connectivity index is 1.46. The Hall–Kier alpha value is -4.43. The minimum atomic E-state index is -0.731. The van der Waals surface area contributed by atoms with Gasteiger partial charge in [-0.15, -0.1) is 0 Å². The average molecular weight is 479 g/mol. The third-order valence-electron chi connectivity index (χ3n) is 5.63. The van der Waals surface area contributed by atoms with E-state index in [0.29, 0.717) is 40.6 Å². The highest BCUT2D eigenvalue weighted by atomic mass is 35.5. The smallest absolute Gasteiger partial charge is 0.322 e. The first-order valence-corrected chi connectivity index (χ1v) is 10.5. The number of nitrogens with two attached hydrogens (primary N) is 1. The first-order valence-electron chi connectivity index (χ1n) is 10.1. The number of fused-ring (bicyclic) bond motifs is 2. The van der Waals surface area contributed by atoms with Crippen molar-refractivity contribution in [1.29, 1.82) is 5.26 Å². The Bertz CT molecular complexity index is 1520. The molecule has 4 aromatic rings. The third kappa shape index (κ3) is 3.60. The Kier molecular flexibility index (Phi) is 5.14. The van der Waals surface area contributed by atoms with Crippen LogP contribution in [0.15, 0.2) is 36.5 Å². The van der Waals surface area contributed by atoms with Crippen LogP contribution >= 0.6 is 11.6 Å². The Labute approximate surface area is 196 Å². The van der Waals surface area contributed by atoms with Crippen LogP contribution in [0.3, 0.4) is 0 Å². The molecule has 4 N–H and O–H groups in total. The lowest BCUT2D eigenvalue weighted by Crippen LogP contribution is -2.41. The number of aromatic nitrogens is 4. The maximum Gasteiger partial charge on any atom is 0.322 e. The van der Waals surface area contributed by atoms with Crippen LogP contribution in [0.2, 0.25) is 5.02 Å². The van der Waals surface area contributed by atoms with Gasteiger partial charge in [0.1, 0.15) is 17.6 Å². The van der Waals surface area contributed by atoms with Crippen molar-refractivity contribution in [2.24, 2.45) is 5.73 Å². The second kappa shape index (κ2) is 8.17. The second-order valence-electron chi connectivity index (χ2n) is 7.71. The summed E-state index contributed by atoms with van der Waals surface area (Å²) in [6.45, 7) is 0.697. The first kappa shape index (κ1) is 21.4. The summed E-state index contributed by atoms with van der Waals surface area (Å²) in [5.41, 5.74) is 8.10. The number of halogens is 2. The predicted octanol–water partition coefficient (Wildman–Crippen LogP) is 3.24. The van der Waals surface area contributed by atoms with Gasteiger partial charge in [0, 0.05) is 23.2 Å². The number of anilines is 1. The summed E-state index contributed by atoms with van der Waals surface area (Å²) in [6, 6.07) is 8.52. The molecule has 2 aromatic carbocycles. The molecule has 0 atom stereocenters. The molecule has 1 aliphatic heterocycles. The number of hydrogen-bond donors (Lipinski definition) is 3. The van der Waals surface area contributed by atoms with E-state index in [1.807, 2.05) is 0 Å². The van der Waals surface area contributed by atoms with Gasteiger partial charge in [0.2, 0.25) is 0 Å². The highest BCUT2D eigenvalue weighted by molar-refractivity contribution is 6.35. The van der Waals surface area contributed by atoms with E-state index in [1.54, 1.807) is 29.1 Å². The fourth-order valence-corrected chi connectivity index (χ4v) is 4.26. The Morgan fingerprint density at radius 2 is 2.09 bits per heavy atom. The van der Waals surface area contributed by atoms with Crippen molar-refractivity contribution in [2.75, 3.05) is 11.9 Å². The number of aromatic amines is 1. The van der Waals surface area contributed by atoms with Gasteiger partial charge in [-0.1, -0.05) is 11.6 Å². The zero-order chi connectivity index (χ0) is 24.0. The number of primary amides is 1. The first-order chi connectivity index (χ1) is 16.4. The summed E-state index contributed by atoms with van der Waals surface area (Å²) in [6.07, 6.45) is 1.61. The van der Waals surface area contributed by atoms with E-state index in [-0.39, 0.29) is 23.4 Å². The van der Waals surface area contributed by atoms with Gasteiger partial charge in [-0.2, -0.15) is 15.5 Å². The molecule has 170 valence electrons. The van der Waals surface area contributed by atoms with Crippen LogP contribution in [-0.4, -0.2) is 43.4 Å². The van der Waals surface area contributed by atoms with Crippen molar-refractivity contribution in [2.45, 2.75) is 13.1 Å². The van der Waals surface area contributed by atoms with Crippen LogP contribution < -0.4 is 11.1 Å². The minimum absolute atomic E-state index is 0.0670. The quantitative estimate of drug-likeness (QED) is 0.413. The Morgan fingerprint density at radius 3 is 2.82 bits per heavy atom. The van der Waals surface area contributed by atoms with Gasteiger partial charge in [0.15, 0.2) is 0 Å². The van der Waals surface area contributed by atoms with Crippen molar-refractivity contribution in [1.82, 2.24) is 24.9 Å². The fraction of sp³-hybridized carbons (Fsp3) is 0.136. The van der Waals surface area contributed by atoms with Crippen molar-refractivity contribution in [3.63, 3.8) is 0 Å². The van der Waals surface area contributed by atoms with Gasteiger partial charge in [-0.05, 0) is 30.3 Å². The zero-order valence-corrected chi connectivity index (χ0v) is 18.2. The number of amides is 3. The van der Waals surface area contributed by atoms with Crippen LogP contribution in [-0.2, 0) is 13.1 Å².